The summed E-state index contributed by atoms with van der Waals surface area (Å²) in [7, 11) is 0. The van der Waals surface area contributed by atoms with Crippen LogP contribution in [0.4, 0.5) is 11.4 Å². The van der Waals surface area contributed by atoms with Crippen molar-refractivity contribution in [2.75, 3.05) is 17.6 Å². The Balaban J connectivity index is 1.86. The molecule has 5 nitrogen and oxygen atoms in total. The fourth-order valence-electron chi connectivity index (χ4n) is 2.43. The third-order valence-electron chi connectivity index (χ3n) is 3.86. The molecule has 4 N–H and O–H groups in total. The Morgan fingerprint density at radius 1 is 1.50 bits per heavy atom. The Morgan fingerprint density at radius 2 is 2.28 bits per heavy atom. The molecular formula is C13H17N3O2. The number of H-pyrrole nitrogens is 1. The summed E-state index contributed by atoms with van der Waals surface area (Å²) in [4.78, 5) is 13.7. The molecule has 0 spiro atoms. The molecule has 0 radical (unpaired) electrons. The number of nitrogen functional groups attached to an aromatic ring is 1. The molecular weight excluding hydrogens is 230 g/mol. The lowest BCUT2D eigenvalue weighted by Crippen LogP contribution is -2.33. The van der Waals surface area contributed by atoms with E-state index in [2.05, 4.69) is 17.2 Å². The first-order valence-electron chi connectivity index (χ1n) is 6.22. The second-order valence-electron chi connectivity index (χ2n) is 5.47. The summed E-state index contributed by atoms with van der Waals surface area (Å²) in [5.74, 6) is -0.451. The van der Waals surface area contributed by atoms with E-state index in [1.54, 1.807) is 6.07 Å². The lowest BCUT2D eigenvalue weighted by Gasteiger charge is -2.38. The van der Waals surface area contributed by atoms with Gasteiger partial charge in [-0.3, -0.25) is 4.98 Å². The normalized spacial score (nSPS) is 17.6. The summed E-state index contributed by atoms with van der Waals surface area (Å²) in [5.41, 5.74) is 8.96. The predicted octanol–water partition coefficient (Wildman–Crippen LogP) is 2.31. The molecule has 0 bridgehead atoms. The van der Waals surface area contributed by atoms with Gasteiger partial charge in [0.05, 0.1) is 16.9 Å². The van der Waals surface area contributed by atoms with Gasteiger partial charge in [-0.05, 0) is 24.3 Å². The van der Waals surface area contributed by atoms with E-state index in [1.807, 2.05) is 6.07 Å². The zero-order chi connectivity index (χ0) is 12.8. The molecule has 5 heteroatoms. The Hall–Kier alpha value is -1.91. The van der Waals surface area contributed by atoms with Gasteiger partial charge < -0.3 is 15.5 Å². The third-order valence-corrected chi connectivity index (χ3v) is 3.86. The molecule has 18 heavy (non-hydrogen) atoms. The van der Waals surface area contributed by atoms with E-state index in [9.17, 15) is 4.79 Å². The molecule has 0 atom stereocenters. The number of benzene rings is 1. The van der Waals surface area contributed by atoms with Crippen LogP contribution in [0, 0.1) is 5.41 Å². The number of fused-ring (bicyclic) bond motifs is 1. The van der Waals surface area contributed by atoms with E-state index in [-0.39, 0.29) is 0 Å². The average molecular weight is 247 g/mol. The van der Waals surface area contributed by atoms with E-state index < -0.39 is 5.76 Å². The summed E-state index contributed by atoms with van der Waals surface area (Å²) in [6.45, 7) is 3.18. The smallest absolute Gasteiger partial charge is 0.408 e. The number of hydrogen-bond donors (Lipinski definition) is 3. The first-order chi connectivity index (χ1) is 8.56. The first kappa shape index (κ1) is 11.2. The van der Waals surface area contributed by atoms with Crippen molar-refractivity contribution in [3.8, 4) is 0 Å². The summed E-state index contributed by atoms with van der Waals surface area (Å²) in [6, 6.07) is 3.51. The van der Waals surface area contributed by atoms with Gasteiger partial charge in [-0.15, -0.1) is 0 Å². The monoisotopic (exact) mass is 247 g/mol. The molecule has 0 unspecified atom stereocenters. The maximum Gasteiger partial charge on any atom is 0.417 e. The number of rotatable bonds is 3. The number of anilines is 2. The average Bonchev–Trinajstić information content (AvgIpc) is 2.62. The SMILES string of the molecule is CC1(CNc2cc3[nH]c(=O)oc3cc2N)CCC1. The summed E-state index contributed by atoms with van der Waals surface area (Å²) >= 11 is 0. The zero-order valence-corrected chi connectivity index (χ0v) is 10.4. The van der Waals surface area contributed by atoms with Crippen molar-refractivity contribution in [1.82, 2.24) is 4.98 Å². The van der Waals surface area contributed by atoms with Crippen LogP contribution < -0.4 is 16.8 Å². The standard InChI is InChI=1S/C13H17N3O2/c1-13(3-2-4-13)7-15-9-6-10-11(5-8(9)14)18-12(17)16-10/h5-6,15H,2-4,7,14H2,1H3,(H,16,17). The van der Waals surface area contributed by atoms with E-state index >= 15 is 0 Å². The minimum atomic E-state index is -0.451. The third kappa shape index (κ3) is 1.85. The second-order valence-corrected chi connectivity index (χ2v) is 5.47. The van der Waals surface area contributed by atoms with E-state index in [1.165, 1.54) is 19.3 Å². The van der Waals surface area contributed by atoms with E-state index in [0.717, 1.165) is 12.2 Å². The molecule has 1 aromatic heterocycles. The maximum absolute atomic E-state index is 11.1. The molecule has 1 aliphatic rings. The minimum Gasteiger partial charge on any atom is -0.408 e. The highest BCUT2D eigenvalue weighted by molar-refractivity contribution is 5.85. The van der Waals surface area contributed by atoms with Gasteiger partial charge >= 0.3 is 5.76 Å². The number of aromatic nitrogens is 1. The van der Waals surface area contributed by atoms with Crippen molar-refractivity contribution in [2.24, 2.45) is 5.41 Å². The maximum atomic E-state index is 11.1. The van der Waals surface area contributed by atoms with Crippen molar-refractivity contribution in [1.29, 1.82) is 0 Å². The van der Waals surface area contributed by atoms with Gasteiger partial charge in [0, 0.05) is 12.6 Å². The van der Waals surface area contributed by atoms with Crippen LogP contribution in [0.25, 0.3) is 11.1 Å². The predicted molar refractivity (Wildman–Crippen MR) is 71.7 cm³/mol. The summed E-state index contributed by atoms with van der Waals surface area (Å²) in [6.07, 6.45) is 3.82. The van der Waals surface area contributed by atoms with Gasteiger partial charge in [-0.2, -0.15) is 0 Å². The van der Waals surface area contributed by atoms with Crippen LogP contribution in [0.15, 0.2) is 21.3 Å². The molecule has 1 heterocycles. The lowest BCUT2D eigenvalue weighted by molar-refractivity contribution is 0.180. The Labute approximate surface area is 104 Å². The van der Waals surface area contributed by atoms with Crippen molar-refractivity contribution in [3.63, 3.8) is 0 Å². The molecule has 1 aliphatic carbocycles. The minimum absolute atomic E-state index is 0.380. The molecule has 3 rings (SSSR count). The molecule has 2 aromatic rings. The van der Waals surface area contributed by atoms with Gasteiger partial charge in [0.1, 0.15) is 0 Å². The largest absolute Gasteiger partial charge is 0.417 e. The zero-order valence-electron chi connectivity index (χ0n) is 10.4. The van der Waals surface area contributed by atoms with Gasteiger partial charge in [0.25, 0.3) is 0 Å². The van der Waals surface area contributed by atoms with Gasteiger partial charge in [0.15, 0.2) is 5.58 Å². The number of nitrogens with one attached hydrogen (secondary N) is 2. The van der Waals surface area contributed by atoms with Crippen molar-refractivity contribution < 1.29 is 4.42 Å². The van der Waals surface area contributed by atoms with Crippen LogP contribution in [0.2, 0.25) is 0 Å². The second kappa shape index (κ2) is 3.80. The Bertz CT molecular complexity index is 637. The van der Waals surface area contributed by atoms with E-state index in [4.69, 9.17) is 10.2 Å². The van der Waals surface area contributed by atoms with Crippen LogP contribution in [0.1, 0.15) is 26.2 Å². The molecule has 1 saturated carbocycles. The number of oxazole rings is 1. The van der Waals surface area contributed by atoms with Gasteiger partial charge in [-0.25, -0.2) is 4.79 Å². The quantitative estimate of drug-likeness (QED) is 0.727. The molecule has 0 aliphatic heterocycles. The summed E-state index contributed by atoms with van der Waals surface area (Å²) in [5, 5.41) is 3.37. The number of nitrogens with two attached hydrogens (primary N) is 1. The van der Waals surface area contributed by atoms with Gasteiger partial charge in [-0.1, -0.05) is 13.3 Å². The lowest BCUT2D eigenvalue weighted by atomic mass is 9.70. The fourth-order valence-corrected chi connectivity index (χ4v) is 2.43. The van der Waals surface area contributed by atoms with Gasteiger partial charge in [0.2, 0.25) is 0 Å². The van der Waals surface area contributed by atoms with Crippen LogP contribution in [-0.2, 0) is 0 Å². The topological polar surface area (TPSA) is 84.0 Å². The molecule has 0 amide bonds. The molecule has 0 saturated heterocycles. The Kier molecular flexibility index (Phi) is 2.36. The van der Waals surface area contributed by atoms with Crippen molar-refractivity contribution >= 4 is 22.5 Å². The van der Waals surface area contributed by atoms with Crippen LogP contribution in [0.3, 0.4) is 0 Å². The Morgan fingerprint density at radius 3 is 2.94 bits per heavy atom. The molecule has 1 fully saturated rings. The van der Waals surface area contributed by atoms with Crippen molar-refractivity contribution in [3.05, 3.63) is 22.7 Å². The van der Waals surface area contributed by atoms with Crippen LogP contribution >= 0.6 is 0 Å². The highest BCUT2D eigenvalue weighted by Gasteiger charge is 2.31. The molecule has 96 valence electrons. The van der Waals surface area contributed by atoms with Crippen molar-refractivity contribution in [2.45, 2.75) is 26.2 Å². The first-order valence-corrected chi connectivity index (χ1v) is 6.22. The highest BCUT2D eigenvalue weighted by Crippen LogP contribution is 2.40. The number of aromatic amines is 1. The van der Waals surface area contributed by atoms with E-state index in [0.29, 0.717) is 22.2 Å². The molecule has 1 aromatic carbocycles. The van der Waals surface area contributed by atoms with Crippen LogP contribution in [0.5, 0.6) is 0 Å². The fraction of sp³-hybridized carbons (Fsp3) is 0.462. The van der Waals surface area contributed by atoms with Crippen LogP contribution in [-0.4, -0.2) is 11.5 Å². The highest BCUT2D eigenvalue weighted by atomic mass is 16.4. The number of hydrogen-bond acceptors (Lipinski definition) is 4. The summed E-state index contributed by atoms with van der Waals surface area (Å²) < 4.78 is 4.96.